The van der Waals surface area contributed by atoms with Gasteiger partial charge in [0.05, 0.1) is 5.01 Å². The van der Waals surface area contributed by atoms with Gasteiger partial charge in [-0.15, -0.1) is 11.3 Å². The Labute approximate surface area is 121 Å². The number of hydrogen-bond acceptors (Lipinski definition) is 4. The molecule has 19 heavy (non-hydrogen) atoms. The summed E-state index contributed by atoms with van der Waals surface area (Å²) in [7, 11) is 2.11. The Hall–Kier alpha value is -0.450. The van der Waals surface area contributed by atoms with Crippen LogP contribution in [0.2, 0.25) is 0 Å². The Morgan fingerprint density at radius 2 is 2.05 bits per heavy atom. The van der Waals surface area contributed by atoms with Crippen LogP contribution >= 0.6 is 11.3 Å². The Balaban J connectivity index is 2.18. The molecule has 0 aliphatic carbocycles. The number of nitrogens with zero attached hydrogens (tertiary/aromatic N) is 2. The van der Waals surface area contributed by atoms with E-state index in [1.807, 2.05) is 6.20 Å². The van der Waals surface area contributed by atoms with Crippen molar-refractivity contribution in [2.75, 3.05) is 20.1 Å². The van der Waals surface area contributed by atoms with E-state index in [2.05, 4.69) is 41.5 Å². The van der Waals surface area contributed by atoms with Crippen LogP contribution in [0.1, 0.15) is 44.5 Å². The molecule has 1 aliphatic rings. The van der Waals surface area contributed by atoms with Crippen LogP contribution < -0.4 is 5.32 Å². The van der Waals surface area contributed by atoms with Crippen molar-refractivity contribution in [3.05, 3.63) is 16.6 Å². The van der Waals surface area contributed by atoms with Crippen molar-refractivity contribution in [2.24, 2.45) is 0 Å². The van der Waals surface area contributed by atoms with Crippen LogP contribution in [0, 0.1) is 0 Å². The Morgan fingerprint density at radius 1 is 1.37 bits per heavy atom. The summed E-state index contributed by atoms with van der Waals surface area (Å²) < 4.78 is 0. The van der Waals surface area contributed by atoms with Crippen molar-refractivity contribution >= 4 is 11.3 Å². The maximum Gasteiger partial charge on any atom is 0.0941 e. The van der Waals surface area contributed by atoms with Gasteiger partial charge in [0, 0.05) is 29.6 Å². The zero-order valence-electron chi connectivity index (χ0n) is 12.5. The minimum absolute atomic E-state index is 0.289. The van der Waals surface area contributed by atoms with E-state index in [9.17, 15) is 0 Å². The van der Waals surface area contributed by atoms with E-state index in [0.717, 1.165) is 6.42 Å². The lowest BCUT2D eigenvalue weighted by molar-refractivity contribution is 0.0650. The Bertz CT molecular complexity index is 353. The topological polar surface area (TPSA) is 28.2 Å². The number of aromatic nitrogens is 1. The lowest BCUT2D eigenvalue weighted by Gasteiger charge is -2.46. The Kier molecular flexibility index (Phi) is 5.37. The first kappa shape index (κ1) is 14.9. The fourth-order valence-electron chi connectivity index (χ4n) is 3.66. The standard InChI is InChI=1S/C15H27N3S/c1-4-15(5-2,18-9-6-7-10-18)13(16-3)12-14-17-8-11-19-14/h8,11,13,16H,4-7,9-10,12H2,1-3H3. The molecule has 1 aromatic rings. The summed E-state index contributed by atoms with van der Waals surface area (Å²) in [4.78, 5) is 7.20. The zero-order chi connectivity index (χ0) is 13.7. The molecule has 0 bridgehead atoms. The van der Waals surface area contributed by atoms with E-state index in [4.69, 9.17) is 0 Å². The van der Waals surface area contributed by atoms with Crippen molar-refractivity contribution in [2.45, 2.75) is 57.5 Å². The van der Waals surface area contributed by atoms with Crippen molar-refractivity contribution in [1.29, 1.82) is 0 Å². The van der Waals surface area contributed by atoms with Gasteiger partial charge in [-0.2, -0.15) is 0 Å². The number of hydrogen-bond donors (Lipinski definition) is 1. The van der Waals surface area contributed by atoms with E-state index >= 15 is 0 Å². The molecule has 1 aromatic heterocycles. The SMILES string of the molecule is CCC(CC)(C(Cc1nccs1)NC)N1CCCC1. The van der Waals surface area contributed by atoms with Crippen LogP contribution in [0.4, 0.5) is 0 Å². The molecule has 1 unspecified atom stereocenters. The maximum absolute atomic E-state index is 4.47. The van der Waals surface area contributed by atoms with Gasteiger partial charge in [0.15, 0.2) is 0 Å². The summed E-state index contributed by atoms with van der Waals surface area (Å²) in [5, 5.41) is 6.92. The van der Waals surface area contributed by atoms with Gasteiger partial charge in [-0.3, -0.25) is 4.90 Å². The summed E-state index contributed by atoms with van der Waals surface area (Å²) in [5.41, 5.74) is 0.289. The number of likely N-dealkylation sites (N-methyl/N-ethyl adjacent to an activating group) is 1. The van der Waals surface area contributed by atoms with Gasteiger partial charge >= 0.3 is 0 Å². The molecule has 2 rings (SSSR count). The number of nitrogens with one attached hydrogen (secondary N) is 1. The van der Waals surface area contributed by atoms with Gasteiger partial charge in [0.25, 0.3) is 0 Å². The molecule has 0 amide bonds. The third kappa shape index (κ3) is 3.01. The number of rotatable bonds is 7. The van der Waals surface area contributed by atoms with Crippen LogP contribution in [0.3, 0.4) is 0 Å². The van der Waals surface area contributed by atoms with Crippen molar-refractivity contribution < 1.29 is 0 Å². The minimum Gasteiger partial charge on any atom is -0.315 e. The number of thiazole rings is 1. The third-order valence-corrected chi connectivity index (χ3v) is 5.62. The molecule has 1 aliphatic heterocycles. The largest absolute Gasteiger partial charge is 0.315 e. The molecule has 108 valence electrons. The van der Waals surface area contributed by atoms with E-state index < -0.39 is 0 Å². The van der Waals surface area contributed by atoms with Gasteiger partial charge in [-0.05, 0) is 45.8 Å². The van der Waals surface area contributed by atoms with Gasteiger partial charge in [-0.1, -0.05) is 13.8 Å². The van der Waals surface area contributed by atoms with Gasteiger partial charge in [0.1, 0.15) is 0 Å². The average Bonchev–Trinajstić information content (AvgIpc) is 3.12. The first-order valence-electron chi connectivity index (χ1n) is 7.57. The van der Waals surface area contributed by atoms with Crippen LogP contribution in [0.5, 0.6) is 0 Å². The molecule has 3 nitrogen and oxygen atoms in total. The lowest BCUT2D eigenvalue weighted by atomic mass is 9.81. The molecule has 1 saturated heterocycles. The average molecular weight is 281 g/mol. The summed E-state index contributed by atoms with van der Waals surface area (Å²) in [6.45, 7) is 7.21. The molecule has 0 spiro atoms. The van der Waals surface area contributed by atoms with Crippen LogP contribution in [0.15, 0.2) is 11.6 Å². The Morgan fingerprint density at radius 3 is 2.53 bits per heavy atom. The number of likely N-dealkylation sites (tertiary alicyclic amines) is 1. The highest BCUT2D eigenvalue weighted by Crippen LogP contribution is 2.33. The summed E-state index contributed by atoms with van der Waals surface area (Å²) >= 11 is 1.78. The minimum atomic E-state index is 0.289. The second-order valence-corrected chi connectivity index (χ2v) is 6.46. The first-order valence-corrected chi connectivity index (χ1v) is 8.45. The predicted molar refractivity (Wildman–Crippen MR) is 82.8 cm³/mol. The molecule has 2 heterocycles. The molecule has 1 fully saturated rings. The second-order valence-electron chi connectivity index (χ2n) is 5.48. The summed E-state index contributed by atoms with van der Waals surface area (Å²) in [6.07, 6.45) is 8.10. The first-order chi connectivity index (χ1) is 9.26. The molecular weight excluding hydrogens is 254 g/mol. The summed E-state index contributed by atoms with van der Waals surface area (Å²) in [5.74, 6) is 0. The van der Waals surface area contributed by atoms with E-state index in [-0.39, 0.29) is 5.54 Å². The fraction of sp³-hybridized carbons (Fsp3) is 0.800. The van der Waals surface area contributed by atoms with Crippen LogP contribution in [-0.2, 0) is 6.42 Å². The molecule has 1 atom stereocenters. The predicted octanol–water partition coefficient (Wildman–Crippen LogP) is 2.93. The maximum atomic E-state index is 4.47. The van der Waals surface area contributed by atoms with Crippen molar-refractivity contribution in [1.82, 2.24) is 15.2 Å². The van der Waals surface area contributed by atoms with Crippen molar-refractivity contribution in [3.63, 3.8) is 0 Å². The summed E-state index contributed by atoms with van der Waals surface area (Å²) in [6, 6.07) is 0.492. The van der Waals surface area contributed by atoms with Crippen LogP contribution in [-0.4, -0.2) is 41.6 Å². The monoisotopic (exact) mass is 281 g/mol. The third-order valence-electron chi connectivity index (χ3n) is 4.82. The van der Waals surface area contributed by atoms with Crippen LogP contribution in [0.25, 0.3) is 0 Å². The highest BCUT2D eigenvalue weighted by molar-refractivity contribution is 7.09. The molecule has 0 aromatic carbocycles. The highest BCUT2D eigenvalue weighted by atomic mass is 32.1. The van der Waals surface area contributed by atoms with Gasteiger partial charge < -0.3 is 5.32 Å². The van der Waals surface area contributed by atoms with Gasteiger partial charge in [-0.25, -0.2) is 4.98 Å². The van der Waals surface area contributed by atoms with E-state index in [1.165, 1.54) is 43.8 Å². The molecule has 0 saturated carbocycles. The van der Waals surface area contributed by atoms with Crippen molar-refractivity contribution in [3.8, 4) is 0 Å². The highest BCUT2D eigenvalue weighted by Gasteiger charge is 2.41. The second kappa shape index (κ2) is 6.82. The smallest absolute Gasteiger partial charge is 0.0941 e. The fourth-order valence-corrected chi connectivity index (χ4v) is 4.33. The lowest BCUT2D eigenvalue weighted by Crippen LogP contribution is -2.60. The van der Waals surface area contributed by atoms with Gasteiger partial charge in [0.2, 0.25) is 0 Å². The van der Waals surface area contributed by atoms with E-state index in [0.29, 0.717) is 6.04 Å². The quantitative estimate of drug-likeness (QED) is 0.833. The normalized spacial score (nSPS) is 18.9. The zero-order valence-corrected chi connectivity index (χ0v) is 13.3. The molecule has 1 N–H and O–H groups in total. The molecule has 4 heteroatoms. The molecular formula is C15H27N3S. The van der Waals surface area contributed by atoms with E-state index in [1.54, 1.807) is 11.3 Å². The molecule has 0 radical (unpaired) electrons.